The Hall–Kier alpha value is -0.200. The van der Waals surface area contributed by atoms with Crippen LogP contribution in [0, 0.1) is 0 Å². The zero-order valence-corrected chi connectivity index (χ0v) is 6.27. The SMILES string of the molecule is OCCOCOCC(O)CO. The summed E-state index contributed by atoms with van der Waals surface area (Å²) < 4.78 is 9.46. The summed E-state index contributed by atoms with van der Waals surface area (Å²) in [6, 6.07) is 0. The highest BCUT2D eigenvalue weighted by atomic mass is 16.7. The third-order valence-corrected chi connectivity index (χ3v) is 0.923. The summed E-state index contributed by atoms with van der Waals surface area (Å²) in [5.41, 5.74) is 0. The minimum Gasteiger partial charge on any atom is -0.394 e. The van der Waals surface area contributed by atoms with E-state index >= 15 is 0 Å². The zero-order chi connectivity index (χ0) is 8.53. The van der Waals surface area contributed by atoms with E-state index in [9.17, 15) is 0 Å². The van der Waals surface area contributed by atoms with E-state index in [0.717, 1.165) is 0 Å². The Labute approximate surface area is 65.2 Å². The van der Waals surface area contributed by atoms with E-state index in [4.69, 9.17) is 24.8 Å². The topological polar surface area (TPSA) is 79.2 Å². The molecular weight excluding hydrogens is 152 g/mol. The number of hydrogen-bond acceptors (Lipinski definition) is 5. The molecule has 0 heterocycles. The standard InChI is InChI=1S/C6H14O5/c7-1-2-10-5-11-4-6(9)3-8/h6-9H,1-5H2. The molecular formula is C6H14O5. The Morgan fingerprint density at radius 2 is 1.91 bits per heavy atom. The van der Waals surface area contributed by atoms with Crippen LogP contribution in [0.1, 0.15) is 0 Å². The second-order valence-corrected chi connectivity index (χ2v) is 1.96. The molecule has 3 N–H and O–H groups in total. The molecule has 0 aliphatic carbocycles. The zero-order valence-electron chi connectivity index (χ0n) is 6.27. The molecule has 0 bridgehead atoms. The van der Waals surface area contributed by atoms with Crippen molar-refractivity contribution >= 4 is 0 Å². The van der Waals surface area contributed by atoms with E-state index in [1.165, 1.54) is 0 Å². The maximum atomic E-state index is 8.73. The Morgan fingerprint density at radius 1 is 1.18 bits per heavy atom. The Kier molecular flexibility index (Phi) is 7.76. The van der Waals surface area contributed by atoms with Crippen molar-refractivity contribution in [2.45, 2.75) is 6.10 Å². The molecule has 11 heavy (non-hydrogen) atoms. The first-order chi connectivity index (χ1) is 5.31. The Bertz CT molecular complexity index is 77.4. The maximum absolute atomic E-state index is 8.73. The second-order valence-electron chi connectivity index (χ2n) is 1.96. The number of hydrogen-bond donors (Lipinski definition) is 3. The summed E-state index contributed by atoms with van der Waals surface area (Å²) in [6.07, 6.45) is -0.854. The molecule has 0 fully saturated rings. The molecule has 0 aromatic carbocycles. The molecule has 0 saturated carbocycles. The fourth-order valence-electron chi connectivity index (χ4n) is 0.419. The van der Waals surface area contributed by atoms with Gasteiger partial charge in [-0.3, -0.25) is 0 Å². The van der Waals surface area contributed by atoms with Crippen LogP contribution in [-0.2, 0) is 9.47 Å². The van der Waals surface area contributed by atoms with E-state index in [1.807, 2.05) is 0 Å². The van der Waals surface area contributed by atoms with Crippen LogP contribution in [0.25, 0.3) is 0 Å². The molecule has 5 nitrogen and oxygen atoms in total. The van der Waals surface area contributed by atoms with Crippen molar-refractivity contribution in [1.29, 1.82) is 0 Å². The average molecular weight is 166 g/mol. The lowest BCUT2D eigenvalue weighted by molar-refractivity contribution is -0.0909. The van der Waals surface area contributed by atoms with Crippen LogP contribution >= 0.6 is 0 Å². The highest BCUT2D eigenvalue weighted by Gasteiger charge is 1.99. The Morgan fingerprint density at radius 3 is 2.45 bits per heavy atom. The van der Waals surface area contributed by atoms with Gasteiger partial charge in [0, 0.05) is 0 Å². The van der Waals surface area contributed by atoms with Crippen molar-refractivity contribution in [3.63, 3.8) is 0 Å². The first-order valence-electron chi connectivity index (χ1n) is 3.36. The lowest BCUT2D eigenvalue weighted by atomic mass is 10.4. The van der Waals surface area contributed by atoms with Crippen LogP contribution in [0.3, 0.4) is 0 Å². The molecule has 5 heteroatoms. The fourth-order valence-corrected chi connectivity index (χ4v) is 0.419. The summed E-state index contributed by atoms with van der Waals surface area (Å²) in [4.78, 5) is 0. The minimum absolute atomic E-state index is 0.0254. The van der Waals surface area contributed by atoms with Gasteiger partial charge in [-0.2, -0.15) is 0 Å². The first-order valence-corrected chi connectivity index (χ1v) is 3.36. The monoisotopic (exact) mass is 166 g/mol. The van der Waals surface area contributed by atoms with Crippen LogP contribution in [0.5, 0.6) is 0 Å². The van der Waals surface area contributed by atoms with E-state index < -0.39 is 6.10 Å². The highest BCUT2D eigenvalue weighted by molar-refractivity contribution is 4.46. The Balaban J connectivity index is 2.89. The minimum atomic E-state index is -0.854. The van der Waals surface area contributed by atoms with E-state index in [1.54, 1.807) is 0 Å². The van der Waals surface area contributed by atoms with E-state index in [2.05, 4.69) is 0 Å². The van der Waals surface area contributed by atoms with Gasteiger partial charge in [0.1, 0.15) is 12.9 Å². The molecule has 0 rings (SSSR count). The van der Waals surface area contributed by atoms with Gasteiger partial charge in [0.2, 0.25) is 0 Å². The molecule has 0 aliphatic rings. The fraction of sp³-hybridized carbons (Fsp3) is 1.00. The van der Waals surface area contributed by atoms with Gasteiger partial charge in [-0.25, -0.2) is 0 Å². The highest BCUT2D eigenvalue weighted by Crippen LogP contribution is 1.84. The number of ether oxygens (including phenoxy) is 2. The number of aliphatic hydroxyl groups excluding tert-OH is 3. The van der Waals surface area contributed by atoms with Crippen LogP contribution in [0.2, 0.25) is 0 Å². The van der Waals surface area contributed by atoms with E-state index in [-0.39, 0.29) is 33.2 Å². The average Bonchev–Trinajstić information content (AvgIpc) is 2.04. The third-order valence-electron chi connectivity index (χ3n) is 0.923. The van der Waals surface area contributed by atoms with Crippen molar-refractivity contribution in [2.24, 2.45) is 0 Å². The lowest BCUT2D eigenvalue weighted by Gasteiger charge is -2.07. The molecule has 0 aliphatic heterocycles. The maximum Gasteiger partial charge on any atom is 0.146 e. The quantitative estimate of drug-likeness (QED) is 0.311. The molecule has 0 aromatic rings. The summed E-state index contributed by atoms with van der Waals surface area (Å²) in [6.45, 7) is -0.0827. The molecule has 1 unspecified atom stereocenters. The van der Waals surface area contributed by atoms with E-state index in [0.29, 0.717) is 0 Å². The smallest absolute Gasteiger partial charge is 0.146 e. The largest absolute Gasteiger partial charge is 0.394 e. The molecule has 0 radical (unpaired) electrons. The van der Waals surface area contributed by atoms with Crippen LogP contribution < -0.4 is 0 Å². The number of rotatable bonds is 7. The molecule has 1 atom stereocenters. The summed E-state index contributed by atoms with van der Waals surface area (Å²) in [5.74, 6) is 0. The van der Waals surface area contributed by atoms with Gasteiger partial charge in [0.25, 0.3) is 0 Å². The molecule has 0 amide bonds. The lowest BCUT2D eigenvalue weighted by Crippen LogP contribution is -2.20. The van der Waals surface area contributed by atoms with Gasteiger partial charge in [-0.15, -0.1) is 0 Å². The molecule has 0 saturated heterocycles. The molecule has 68 valence electrons. The normalized spacial score (nSPS) is 13.4. The van der Waals surface area contributed by atoms with Gasteiger partial charge in [-0.05, 0) is 0 Å². The summed E-state index contributed by atoms with van der Waals surface area (Å²) >= 11 is 0. The van der Waals surface area contributed by atoms with Crippen LogP contribution in [-0.4, -0.2) is 54.6 Å². The van der Waals surface area contributed by atoms with Gasteiger partial charge >= 0.3 is 0 Å². The third kappa shape index (κ3) is 7.70. The van der Waals surface area contributed by atoms with Gasteiger partial charge < -0.3 is 24.8 Å². The van der Waals surface area contributed by atoms with Gasteiger partial charge in [-0.1, -0.05) is 0 Å². The van der Waals surface area contributed by atoms with Gasteiger partial charge in [0.05, 0.1) is 26.4 Å². The summed E-state index contributed by atoms with van der Waals surface area (Å²) in [7, 11) is 0. The second kappa shape index (κ2) is 7.90. The molecule has 0 aromatic heterocycles. The molecule has 0 spiro atoms. The summed E-state index contributed by atoms with van der Waals surface area (Å²) in [5, 5.41) is 25.3. The number of aliphatic hydroxyl groups is 3. The first kappa shape index (κ1) is 10.8. The van der Waals surface area contributed by atoms with Crippen molar-refractivity contribution in [3.8, 4) is 0 Å². The van der Waals surface area contributed by atoms with Gasteiger partial charge in [0.15, 0.2) is 0 Å². The van der Waals surface area contributed by atoms with Crippen LogP contribution in [0.4, 0.5) is 0 Å². The predicted molar refractivity (Wildman–Crippen MR) is 36.9 cm³/mol. The van der Waals surface area contributed by atoms with Crippen molar-refractivity contribution in [2.75, 3.05) is 33.2 Å². The van der Waals surface area contributed by atoms with Crippen molar-refractivity contribution in [1.82, 2.24) is 0 Å². The predicted octanol–water partition coefficient (Wildman–Crippen LogP) is -1.68. The van der Waals surface area contributed by atoms with Crippen LogP contribution in [0.15, 0.2) is 0 Å². The van der Waals surface area contributed by atoms with Crippen molar-refractivity contribution < 1.29 is 24.8 Å². The van der Waals surface area contributed by atoms with Crippen molar-refractivity contribution in [3.05, 3.63) is 0 Å².